The van der Waals surface area contributed by atoms with Crippen molar-refractivity contribution in [3.05, 3.63) is 0 Å². The summed E-state index contributed by atoms with van der Waals surface area (Å²) in [4.78, 5) is 14.2. The monoisotopic (exact) mass is 298 g/mol. The molecular weight excluding hydrogens is 289 g/mol. The van der Waals surface area contributed by atoms with Gasteiger partial charge in [-0.3, -0.25) is 0 Å². The van der Waals surface area contributed by atoms with Crippen LogP contribution >= 0.6 is 8.25 Å². The van der Waals surface area contributed by atoms with Crippen LogP contribution in [0.4, 0.5) is 0 Å². The first-order chi connectivity index (χ1) is 2.73. The zero-order valence-corrected chi connectivity index (χ0v) is 7.74. The van der Waals surface area contributed by atoms with Crippen LogP contribution in [0.3, 0.4) is 0 Å². The Bertz CT molecular complexity index is 35.9. The Labute approximate surface area is 57.4 Å². The Hall–Kier alpha value is 0.682. The molecular formula is C2H8O3PRe+. The Morgan fingerprint density at radius 3 is 1.29 bits per heavy atom. The van der Waals surface area contributed by atoms with Gasteiger partial charge in [0.05, 0.1) is 0 Å². The van der Waals surface area contributed by atoms with E-state index >= 15 is 0 Å². The first-order valence-electron chi connectivity index (χ1n) is 1.58. The second-order valence-corrected chi connectivity index (χ2v) is 0.758. The third-order valence-electron chi connectivity index (χ3n) is 0. The fourth-order valence-electron chi connectivity index (χ4n) is 0. The molecule has 0 spiro atoms. The van der Waals surface area contributed by atoms with Crippen LogP contribution in [0.5, 0.6) is 0 Å². The molecule has 0 amide bonds. The van der Waals surface area contributed by atoms with Gasteiger partial charge in [-0.1, -0.05) is 13.8 Å². The summed E-state index contributed by atoms with van der Waals surface area (Å²) in [5.74, 6) is 0. The molecule has 0 saturated heterocycles. The minimum atomic E-state index is -2.87. The van der Waals surface area contributed by atoms with Crippen LogP contribution in [0.15, 0.2) is 0 Å². The van der Waals surface area contributed by atoms with Crippen molar-refractivity contribution in [2.24, 2.45) is 0 Å². The van der Waals surface area contributed by atoms with Gasteiger partial charge in [-0.2, -0.15) is 0 Å². The van der Waals surface area contributed by atoms with Crippen molar-refractivity contribution in [3.63, 3.8) is 0 Å². The molecule has 0 rings (SSSR count). The third-order valence-corrected chi connectivity index (χ3v) is 0. The van der Waals surface area contributed by atoms with Gasteiger partial charge in [0, 0.05) is 25.0 Å². The molecule has 0 aromatic heterocycles. The van der Waals surface area contributed by atoms with Gasteiger partial charge in [0.25, 0.3) is 0 Å². The van der Waals surface area contributed by atoms with Crippen LogP contribution in [-0.2, 0) is 25.0 Å². The summed E-state index contributed by atoms with van der Waals surface area (Å²) in [5.41, 5.74) is 0. The molecule has 0 heterocycles. The Morgan fingerprint density at radius 2 is 1.29 bits per heavy atom. The molecule has 0 saturated carbocycles. The summed E-state index contributed by atoms with van der Waals surface area (Å²) in [6, 6.07) is 0. The van der Waals surface area contributed by atoms with E-state index in [1.54, 1.807) is 0 Å². The summed E-state index contributed by atoms with van der Waals surface area (Å²) in [6.45, 7) is 4.00. The summed E-state index contributed by atoms with van der Waals surface area (Å²) >= 11 is 0. The van der Waals surface area contributed by atoms with E-state index < -0.39 is 8.25 Å². The van der Waals surface area contributed by atoms with Crippen molar-refractivity contribution in [1.82, 2.24) is 0 Å². The molecule has 1 radical (unpaired) electrons. The summed E-state index contributed by atoms with van der Waals surface area (Å²) < 4.78 is 8.70. The molecule has 0 fully saturated rings. The zero-order valence-electron chi connectivity index (χ0n) is 4.13. The number of rotatable bonds is 0. The first-order valence-corrected chi connectivity index (χ1v) is 2.75. The van der Waals surface area contributed by atoms with E-state index in [1.807, 2.05) is 13.8 Å². The van der Waals surface area contributed by atoms with E-state index in [-0.39, 0.29) is 20.4 Å². The van der Waals surface area contributed by atoms with Gasteiger partial charge in [0.15, 0.2) is 0 Å². The van der Waals surface area contributed by atoms with Gasteiger partial charge in [-0.05, 0) is 0 Å². The van der Waals surface area contributed by atoms with Crippen LogP contribution in [-0.4, -0.2) is 9.79 Å². The van der Waals surface area contributed by atoms with Gasteiger partial charge in [-0.15, -0.1) is 9.79 Å². The SMILES string of the molecule is CC.O=[P+](O)O.[Re]. The van der Waals surface area contributed by atoms with Crippen LogP contribution in [0.25, 0.3) is 0 Å². The van der Waals surface area contributed by atoms with Gasteiger partial charge in [-0.25, -0.2) is 0 Å². The molecule has 3 nitrogen and oxygen atoms in total. The maximum atomic E-state index is 8.70. The van der Waals surface area contributed by atoms with E-state index in [9.17, 15) is 0 Å². The van der Waals surface area contributed by atoms with E-state index in [2.05, 4.69) is 0 Å². The van der Waals surface area contributed by atoms with E-state index in [0.717, 1.165) is 0 Å². The zero-order chi connectivity index (χ0) is 5.58. The topological polar surface area (TPSA) is 57.5 Å². The van der Waals surface area contributed by atoms with Crippen molar-refractivity contribution < 1.29 is 34.8 Å². The quantitative estimate of drug-likeness (QED) is 0.646. The molecule has 0 aliphatic carbocycles. The molecule has 5 heteroatoms. The van der Waals surface area contributed by atoms with Crippen LogP contribution in [0.2, 0.25) is 0 Å². The fourth-order valence-corrected chi connectivity index (χ4v) is 0. The number of hydrogen-bond donors (Lipinski definition) is 2. The predicted octanol–water partition coefficient (Wildman–Crippen LogP) is 0.652. The van der Waals surface area contributed by atoms with E-state index in [0.29, 0.717) is 0 Å². The normalized spacial score (nSPS) is 4.57. The van der Waals surface area contributed by atoms with Gasteiger partial charge >= 0.3 is 8.25 Å². The van der Waals surface area contributed by atoms with Crippen LogP contribution < -0.4 is 0 Å². The fraction of sp³-hybridized carbons (Fsp3) is 1.00. The summed E-state index contributed by atoms with van der Waals surface area (Å²) in [6.07, 6.45) is 0. The largest absolute Gasteiger partial charge is 0.692 e. The molecule has 0 aromatic rings. The van der Waals surface area contributed by atoms with Gasteiger partial charge in [0.1, 0.15) is 0 Å². The average Bonchev–Trinajstić information content (AvgIpc) is 1.41. The number of hydrogen-bond acceptors (Lipinski definition) is 1. The molecule has 0 unspecified atom stereocenters. The Kier molecular flexibility index (Phi) is 35.6. The molecule has 0 atom stereocenters. The summed E-state index contributed by atoms with van der Waals surface area (Å²) in [5, 5.41) is 0. The second kappa shape index (κ2) is 15.9. The smallest absolute Gasteiger partial charge is 0.134 e. The van der Waals surface area contributed by atoms with Gasteiger partial charge < -0.3 is 0 Å². The second-order valence-electron chi connectivity index (χ2n) is 0.253. The Morgan fingerprint density at radius 1 is 1.29 bits per heavy atom. The van der Waals surface area contributed by atoms with Crippen LogP contribution in [0, 0.1) is 0 Å². The molecule has 0 aromatic carbocycles. The summed E-state index contributed by atoms with van der Waals surface area (Å²) in [7, 11) is -2.87. The molecule has 0 aliphatic heterocycles. The minimum Gasteiger partial charge on any atom is -0.134 e. The molecule has 7 heavy (non-hydrogen) atoms. The maximum absolute atomic E-state index is 8.70. The molecule has 0 bridgehead atoms. The van der Waals surface area contributed by atoms with Crippen molar-refractivity contribution in [2.75, 3.05) is 0 Å². The van der Waals surface area contributed by atoms with E-state index in [1.165, 1.54) is 0 Å². The van der Waals surface area contributed by atoms with Gasteiger partial charge in [0.2, 0.25) is 0 Å². The standard InChI is InChI=1S/C2H6.HO3P.Re/c1-2;1-4(2)3;/h1-2H3;(H-,1,2,3);/p+1. The first kappa shape index (κ1) is 15.6. The van der Waals surface area contributed by atoms with E-state index in [4.69, 9.17) is 14.4 Å². The molecule has 45 valence electrons. The van der Waals surface area contributed by atoms with Crippen molar-refractivity contribution in [2.45, 2.75) is 13.8 Å². The third kappa shape index (κ3) is 315. The minimum absolute atomic E-state index is 0. The predicted molar refractivity (Wildman–Crippen MR) is 23.4 cm³/mol. The van der Waals surface area contributed by atoms with Crippen LogP contribution in [0.1, 0.15) is 13.8 Å². The molecule has 0 aliphatic rings. The van der Waals surface area contributed by atoms with Crippen molar-refractivity contribution >= 4 is 8.25 Å². The van der Waals surface area contributed by atoms with Crippen molar-refractivity contribution in [3.8, 4) is 0 Å². The maximum Gasteiger partial charge on any atom is 0.692 e. The van der Waals surface area contributed by atoms with Crippen molar-refractivity contribution in [1.29, 1.82) is 0 Å². The Balaban J connectivity index is -0.0000000480. The average molecular weight is 297 g/mol. The molecule has 2 N–H and O–H groups in total.